The maximum atomic E-state index is 12.3. The molecule has 102 valence electrons. The molecule has 0 atom stereocenters. The molecule has 2 amide bonds. The molecule has 1 aromatic carbocycles. The SMILES string of the molecule is CCC(=O)N1CCN(C(=O)c2ccc(C)cc2)CC1. The molecule has 2 rings (SSSR count). The van der Waals surface area contributed by atoms with E-state index in [4.69, 9.17) is 0 Å². The highest BCUT2D eigenvalue weighted by Gasteiger charge is 2.23. The van der Waals surface area contributed by atoms with Crippen molar-refractivity contribution in [2.75, 3.05) is 26.2 Å². The lowest BCUT2D eigenvalue weighted by Gasteiger charge is -2.34. The molecule has 1 heterocycles. The predicted octanol–water partition coefficient (Wildman–Crippen LogP) is 1.69. The van der Waals surface area contributed by atoms with Gasteiger partial charge in [0.15, 0.2) is 0 Å². The van der Waals surface area contributed by atoms with Crippen molar-refractivity contribution in [3.63, 3.8) is 0 Å². The first-order valence-corrected chi connectivity index (χ1v) is 6.75. The Morgan fingerprint density at radius 1 is 1.00 bits per heavy atom. The molecule has 1 fully saturated rings. The molecule has 0 spiro atoms. The number of hydrogen-bond acceptors (Lipinski definition) is 2. The van der Waals surface area contributed by atoms with Gasteiger partial charge in [-0.05, 0) is 19.1 Å². The summed E-state index contributed by atoms with van der Waals surface area (Å²) in [4.78, 5) is 27.5. The van der Waals surface area contributed by atoms with E-state index < -0.39 is 0 Å². The summed E-state index contributed by atoms with van der Waals surface area (Å²) in [6.45, 7) is 6.40. The second-order valence-corrected chi connectivity index (χ2v) is 4.89. The first-order valence-electron chi connectivity index (χ1n) is 6.75. The highest BCUT2D eigenvalue weighted by Crippen LogP contribution is 2.10. The van der Waals surface area contributed by atoms with E-state index in [1.807, 2.05) is 47.9 Å². The van der Waals surface area contributed by atoms with Crippen molar-refractivity contribution >= 4 is 11.8 Å². The average molecular weight is 260 g/mol. The Morgan fingerprint density at radius 3 is 2.05 bits per heavy atom. The minimum absolute atomic E-state index is 0.0589. The van der Waals surface area contributed by atoms with Crippen LogP contribution in [0.3, 0.4) is 0 Å². The Labute approximate surface area is 114 Å². The summed E-state index contributed by atoms with van der Waals surface area (Å²) in [5.41, 5.74) is 1.87. The monoisotopic (exact) mass is 260 g/mol. The van der Waals surface area contributed by atoms with E-state index in [0.717, 1.165) is 11.1 Å². The molecule has 1 aromatic rings. The number of hydrogen-bond donors (Lipinski definition) is 0. The molecular formula is C15H20N2O2. The summed E-state index contributed by atoms with van der Waals surface area (Å²) < 4.78 is 0. The van der Waals surface area contributed by atoms with Crippen molar-refractivity contribution < 1.29 is 9.59 Å². The van der Waals surface area contributed by atoms with Crippen LogP contribution in [0, 0.1) is 6.92 Å². The summed E-state index contributed by atoms with van der Waals surface area (Å²) in [7, 11) is 0. The van der Waals surface area contributed by atoms with Gasteiger partial charge in [0, 0.05) is 38.2 Å². The van der Waals surface area contributed by atoms with Crippen molar-refractivity contribution in [1.29, 1.82) is 0 Å². The van der Waals surface area contributed by atoms with Crippen LogP contribution in [0.1, 0.15) is 29.3 Å². The Hall–Kier alpha value is -1.84. The second kappa shape index (κ2) is 5.87. The van der Waals surface area contributed by atoms with Gasteiger partial charge in [-0.2, -0.15) is 0 Å². The van der Waals surface area contributed by atoms with Gasteiger partial charge in [-0.1, -0.05) is 24.6 Å². The summed E-state index contributed by atoms with van der Waals surface area (Å²) >= 11 is 0. The lowest BCUT2D eigenvalue weighted by Crippen LogP contribution is -2.50. The number of carbonyl (C=O) groups is 2. The van der Waals surface area contributed by atoms with Gasteiger partial charge in [0.05, 0.1) is 0 Å². The van der Waals surface area contributed by atoms with Crippen molar-refractivity contribution in [3.8, 4) is 0 Å². The van der Waals surface area contributed by atoms with E-state index in [9.17, 15) is 9.59 Å². The largest absolute Gasteiger partial charge is 0.339 e. The molecule has 0 radical (unpaired) electrons. The minimum Gasteiger partial charge on any atom is -0.339 e. The third-order valence-electron chi connectivity index (χ3n) is 3.52. The molecule has 0 aromatic heterocycles. The number of rotatable bonds is 2. The van der Waals surface area contributed by atoms with Crippen LogP contribution in [0.4, 0.5) is 0 Å². The third kappa shape index (κ3) is 3.13. The standard InChI is InChI=1S/C15H20N2O2/c1-3-14(18)16-8-10-17(11-9-16)15(19)13-6-4-12(2)5-7-13/h4-7H,3,8-11H2,1-2H3. The third-order valence-corrected chi connectivity index (χ3v) is 3.52. The zero-order valence-electron chi connectivity index (χ0n) is 11.6. The maximum Gasteiger partial charge on any atom is 0.253 e. The molecule has 4 heteroatoms. The first kappa shape index (κ1) is 13.6. The fraction of sp³-hybridized carbons (Fsp3) is 0.467. The van der Waals surface area contributed by atoms with Crippen molar-refractivity contribution in [2.45, 2.75) is 20.3 Å². The van der Waals surface area contributed by atoms with Gasteiger partial charge in [-0.25, -0.2) is 0 Å². The number of amides is 2. The van der Waals surface area contributed by atoms with Crippen molar-refractivity contribution in [3.05, 3.63) is 35.4 Å². The van der Waals surface area contributed by atoms with E-state index in [2.05, 4.69) is 0 Å². The molecule has 0 aliphatic carbocycles. The number of nitrogens with zero attached hydrogens (tertiary/aromatic N) is 2. The minimum atomic E-state index is 0.0589. The molecule has 1 saturated heterocycles. The van der Waals surface area contributed by atoms with Crippen LogP contribution in [0.25, 0.3) is 0 Å². The lowest BCUT2D eigenvalue weighted by molar-refractivity contribution is -0.132. The zero-order valence-corrected chi connectivity index (χ0v) is 11.6. The summed E-state index contributed by atoms with van der Waals surface area (Å²) in [6, 6.07) is 7.62. The van der Waals surface area contributed by atoms with Gasteiger partial charge < -0.3 is 9.80 Å². The van der Waals surface area contributed by atoms with Crippen LogP contribution in [-0.2, 0) is 4.79 Å². The topological polar surface area (TPSA) is 40.6 Å². The van der Waals surface area contributed by atoms with Crippen LogP contribution < -0.4 is 0 Å². The molecule has 0 unspecified atom stereocenters. The van der Waals surface area contributed by atoms with E-state index in [1.165, 1.54) is 0 Å². The molecule has 0 N–H and O–H groups in total. The summed E-state index contributed by atoms with van der Waals surface area (Å²) in [5.74, 6) is 0.228. The van der Waals surface area contributed by atoms with Crippen molar-refractivity contribution in [2.24, 2.45) is 0 Å². The number of piperazine rings is 1. The maximum absolute atomic E-state index is 12.3. The van der Waals surface area contributed by atoms with Crippen LogP contribution in [0.5, 0.6) is 0 Å². The highest BCUT2D eigenvalue weighted by atomic mass is 16.2. The molecular weight excluding hydrogens is 240 g/mol. The van der Waals surface area contributed by atoms with E-state index in [0.29, 0.717) is 32.6 Å². The fourth-order valence-electron chi connectivity index (χ4n) is 2.26. The van der Waals surface area contributed by atoms with Crippen LogP contribution in [-0.4, -0.2) is 47.8 Å². The van der Waals surface area contributed by atoms with Gasteiger partial charge in [0.25, 0.3) is 5.91 Å². The van der Waals surface area contributed by atoms with Gasteiger partial charge in [-0.15, -0.1) is 0 Å². The Bertz CT molecular complexity index is 460. The highest BCUT2D eigenvalue weighted by molar-refractivity contribution is 5.94. The Balaban J connectivity index is 1.96. The average Bonchev–Trinajstić information content (AvgIpc) is 2.46. The smallest absolute Gasteiger partial charge is 0.253 e. The van der Waals surface area contributed by atoms with Crippen LogP contribution in [0.2, 0.25) is 0 Å². The number of aryl methyl sites for hydroxylation is 1. The predicted molar refractivity (Wildman–Crippen MR) is 74.0 cm³/mol. The van der Waals surface area contributed by atoms with Crippen LogP contribution in [0.15, 0.2) is 24.3 Å². The van der Waals surface area contributed by atoms with E-state index >= 15 is 0 Å². The van der Waals surface area contributed by atoms with Gasteiger partial charge in [-0.3, -0.25) is 9.59 Å². The number of carbonyl (C=O) groups excluding carboxylic acids is 2. The van der Waals surface area contributed by atoms with Gasteiger partial charge in [0.2, 0.25) is 5.91 Å². The molecule has 19 heavy (non-hydrogen) atoms. The van der Waals surface area contributed by atoms with Gasteiger partial charge in [0.1, 0.15) is 0 Å². The zero-order chi connectivity index (χ0) is 13.8. The van der Waals surface area contributed by atoms with Crippen LogP contribution >= 0.6 is 0 Å². The molecule has 0 saturated carbocycles. The first-order chi connectivity index (χ1) is 9.11. The summed E-state index contributed by atoms with van der Waals surface area (Å²) in [6.07, 6.45) is 0.534. The summed E-state index contributed by atoms with van der Waals surface area (Å²) in [5, 5.41) is 0. The lowest BCUT2D eigenvalue weighted by atomic mass is 10.1. The molecule has 1 aliphatic heterocycles. The number of benzene rings is 1. The molecule has 1 aliphatic rings. The molecule has 4 nitrogen and oxygen atoms in total. The fourth-order valence-corrected chi connectivity index (χ4v) is 2.26. The van der Waals surface area contributed by atoms with Crippen molar-refractivity contribution in [1.82, 2.24) is 9.80 Å². The second-order valence-electron chi connectivity index (χ2n) is 4.89. The Kier molecular flexibility index (Phi) is 4.20. The van der Waals surface area contributed by atoms with Gasteiger partial charge >= 0.3 is 0 Å². The Morgan fingerprint density at radius 2 is 1.53 bits per heavy atom. The molecule has 0 bridgehead atoms. The van der Waals surface area contributed by atoms with E-state index in [1.54, 1.807) is 0 Å². The normalized spacial score (nSPS) is 15.5. The quantitative estimate of drug-likeness (QED) is 0.812. The van der Waals surface area contributed by atoms with E-state index in [-0.39, 0.29) is 11.8 Å².